The molecule has 0 aliphatic carbocycles. The van der Waals surface area contributed by atoms with Gasteiger partial charge in [-0.1, -0.05) is 12.7 Å². The zero-order valence-electron chi connectivity index (χ0n) is 5.67. The molecular weight excluding hydrogens is 110 g/mol. The van der Waals surface area contributed by atoms with Crippen LogP contribution in [0.25, 0.3) is 6.08 Å². The van der Waals surface area contributed by atoms with Crippen LogP contribution in [0.1, 0.15) is 12.5 Å². The Hall–Kier alpha value is -0.980. The summed E-state index contributed by atoms with van der Waals surface area (Å²) < 4.78 is 2.12. The van der Waals surface area contributed by atoms with Crippen LogP contribution in [0.4, 0.5) is 0 Å². The molecule has 0 aromatic carbocycles. The summed E-state index contributed by atoms with van der Waals surface area (Å²) in [6, 6.07) is 2.05. The average molecular weight is 121 g/mol. The van der Waals surface area contributed by atoms with Gasteiger partial charge in [0.25, 0.3) is 0 Å². The third-order valence-corrected chi connectivity index (χ3v) is 1.37. The van der Waals surface area contributed by atoms with Crippen molar-refractivity contribution < 1.29 is 0 Å². The summed E-state index contributed by atoms with van der Waals surface area (Å²) in [5, 5.41) is 0. The van der Waals surface area contributed by atoms with Crippen molar-refractivity contribution in [3.05, 3.63) is 30.6 Å². The topological polar surface area (TPSA) is 4.93 Å². The van der Waals surface area contributed by atoms with E-state index in [4.69, 9.17) is 0 Å². The molecule has 0 saturated heterocycles. The fourth-order valence-corrected chi connectivity index (χ4v) is 0.777. The van der Waals surface area contributed by atoms with Crippen LogP contribution in [-0.2, 0) is 6.54 Å². The fourth-order valence-electron chi connectivity index (χ4n) is 0.777. The van der Waals surface area contributed by atoms with Gasteiger partial charge in [-0.3, -0.25) is 0 Å². The van der Waals surface area contributed by atoms with E-state index in [1.807, 2.05) is 6.08 Å². The molecule has 0 spiro atoms. The second-order valence-corrected chi connectivity index (χ2v) is 1.98. The summed E-state index contributed by atoms with van der Waals surface area (Å²) in [7, 11) is 0. The van der Waals surface area contributed by atoms with Crippen molar-refractivity contribution in [1.29, 1.82) is 0 Å². The molecule has 0 saturated carbocycles. The van der Waals surface area contributed by atoms with Crippen molar-refractivity contribution in [3.63, 3.8) is 0 Å². The normalized spacial score (nSPS) is 9.44. The highest BCUT2D eigenvalue weighted by atomic mass is 14.9. The van der Waals surface area contributed by atoms with Gasteiger partial charge in [-0.15, -0.1) is 0 Å². The average Bonchev–Trinajstić information content (AvgIpc) is 2.34. The van der Waals surface area contributed by atoms with Crippen LogP contribution in [0.15, 0.2) is 25.0 Å². The largest absolute Gasteiger partial charge is 0.354 e. The Labute approximate surface area is 55.6 Å². The van der Waals surface area contributed by atoms with E-state index in [0.717, 1.165) is 6.54 Å². The van der Waals surface area contributed by atoms with Crippen LogP contribution < -0.4 is 0 Å². The van der Waals surface area contributed by atoms with E-state index in [9.17, 15) is 0 Å². The van der Waals surface area contributed by atoms with Crippen molar-refractivity contribution in [1.82, 2.24) is 4.57 Å². The lowest BCUT2D eigenvalue weighted by Gasteiger charge is -1.91. The minimum atomic E-state index is 1.04. The molecular formula is C8H11N. The fraction of sp³-hybridized carbons (Fsp3) is 0.250. The van der Waals surface area contributed by atoms with Crippen molar-refractivity contribution in [2.45, 2.75) is 13.5 Å². The molecule has 0 atom stereocenters. The first-order valence-corrected chi connectivity index (χ1v) is 3.15. The van der Waals surface area contributed by atoms with Crippen LogP contribution in [0, 0.1) is 0 Å². The predicted octanol–water partition coefficient (Wildman–Crippen LogP) is 2.15. The van der Waals surface area contributed by atoms with Gasteiger partial charge in [0.2, 0.25) is 0 Å². The summed E-state index contributed by atoms with van der Waals surface area (Å²) in [4.78, 5) is 0. The summed E-state index contributed by atoms with van der Waals surface area (Å²) >= 11 is 0. The molecule has 1 heterocycles. The molecule has 0 amide bonds. The second kappa shape index (κ2) is 2.53. The number of aryl methyl sites for hydroxylation is 1. The number of aromatic nitrogens is 1. The molecule has 1 rings (SSSR count). The summed E-state index contributed by atoms with van der Waals surface area (Å²) in [6.07, 6.45) is 5.98. The Kier molecular flexibility index (Phi) is 1.73. The van der Waals surface area contributed by atoms with E-state index in [2.05, 4.69) is 36.5 Å². The number of hydrogen-bond acceptors (Lipinski definition) is 0. The Bertz CT molecular complexity index is 198. The van der Waals surface area contributed by atoms with Gasteiger partial charge in [0.1, 0.15) is 0 Å². The molecule has 9 heavy (non-hydrogen) atoms. The predicted molar refractivity (Wildman–Crippen MR) is 40.2 cm³/mol. The first kappa shape index (κ1) is 6.14. The first-order chi connectivity index (χ1) is 4.36. The molecule has 0 aliphatic rings. The Morgan fingerprint density at radius 2 is 2.56 bits per heavy atom. The zero-order valence-corrected chi connectivity index (χ0v) is 5.67. The van der Waals surface area contributed by atoms with Crippen LogP contribution in [-0.4, -0.2) is 4.57 Å². The molecule has 1 aromatic rings. The van der Waals surface area contributed by atoms with Gasteiger partial charge in [-0.05, 0) is 18.6 Å². The maximum absolute atomic E-state index is 3.67. The maximum Gasteiger partial charge on any atom is 0.0191 e. The SMILES string of the molecule is C=Cc1ccn(CC)c1. The van der Waals surface area contributed by atoms with Crippen molar-refractivity contribution >= 4 is 6.08 Å². The number of hydrogen-bond donors (Lipinski definition) is 0. The van der Waals surface area contributed by atoms with Gasteiger partial charge in [-0.2, -0.15) is 0 Å². The Morgan fingerprint density at radius 1 is 1.78 bits per heavy atom. The van der Waals surface area contributed by atoms with Gasteiger partial charge >= 0.3 is 0 Å². The lowest BCUT2D eigenvalue weighted by molar-refractivity contribution is 0.769. The van der Waals surface area contributed by atoms with E-state index in [-0.39, 0.29) is 0 Å². The smallest absolute Gasteiger partial charge is 0.0191 e. The number of nitrogens with zero attached hydrogens (tertiary/aromatic N) is 1. The molecule has 48 valence electrons. The molecule has 1 heteroatoms. The van der Waals surface area contributed by atoms with E-state index < -0.39 is 0 Å². The Morgan fingerprint density at radius 3 is 2.89 bits per heavy atom. The van der Waals surface area contributed by atoms with Gasteiger partial charge < -0.3 is 4.57 Å². The molecule has 0 radical (unpaired) electrons. The molecule has 0 bridgehead atoms. The number of rotatable bonds is 2. The highest BCUT2D eigenvalue weighted by molar-refractivity contribution is 5.44. The second-order valence-electron chi connectivity index (χ2n) is 1.98. The summed E-state index contributed by atoms with van der Waals surface area (Å²) in [5.41, 5.74) is 1.19. The quantitative estimate of drug-likeness (QED) is 0.565. The van der Waals surface area contributed by atoms with Crippen LogP contribution in [0.3, 0.4) is 0 Å². The van der Waals surface area contributed by atoms with E-state index >= 15 is 0 Å². The lowest BCUT2D eigenvalue weighted by Crippen LogP contribution is -1.86. The van der Waals surface area contributed by atoms with Crippen molar-refractivity contribution in [2.24, 2.45) is 0 Å². The molecule has 0 fully saturated rings. The third kappa shape index (κ3) is 1.22. The molecule has 0 unspecified atom stereocenters. The highest BCUT2D eigenvalue weighted by Crippen LogP contribution is 2.01. The van der Waals surface area contributed by atoms with E-state index in [1.165, 1.54) is 5.56 Å². The molecule has 0 aliphatic heterocycles. The first-order valence-electron chi connectivity index (χ1n) is 3.15. The minimum absolute atomic E-state index is 1.04. The van der Waals surface area contributed by atoms with E-state index in [0.29, 0.717) is 0 Å². The van der Waals surface area contributed by atoms with Crippen molar-refractivity contribution in [2.75, 3.05) is 0 Å². The molecule has 0 N–H and O–H groups in total. The highest BCUT2D eigenvalue weighted by Gasteiger charge is 1.86. The zero-order chi connectivity index (χ0) is 6.69. The van der Waals surface area contributed by atoms with Gasteiger partial charge in [0.15, 0.2) is 0 Å². The Balaban J connectivity index is 2.86. The summed E-state index contributed by atoms with van der Waals surface area (Å²) in [5.74, 6) is 0. The maximum atomic E-state index is 3.67. The summed E-state index contributed by atoms with van der Waals surface area (Å²) in [6.45, 7) is 6.82. The molecule has 1 nitrogen and oxygen atoms in total. The minimum Gasteiger partial charge on any atom is -0.354 e. The van der Waals surface area contributed by atoms with Gasteiger partial charge in [0, 0.05) is 18.9 Å². The molecule has 1 aromatic heterocycles. The van der Waals surface area contributed by atoms with Crippen LogP contribution in [0.2, 0.25) is 0 Å². The standard InChI is InChI=1S/C8H11N/c1-3-8-5-6-9(4-2)7-8/h3,5-7H,1,4H2,2H3. The van der Waals surface area contributed by atoms with Crippen LogP contribution >= 0.6 is 0 Å². The van der Waals surface area contributed by atoms with Gasteiger partial charge in [0.05, 0.1) is 0 Å². The van der Waals surface area contributed by atoms with Crippen molar-refractivity contribution in [3.8, 4) is 0 Å². The monoisotopic (exact) mass is 121 g/mol. The van der Waals surface area contributed by atoms with Crippen LogP contribution in [0.5, 0.6) is 0 Å². The lowest BCUT2D eigenvalue weighted by atomic mass is 10.3. The third-order valence-electron chi connectivity index (χ3n) is 1.37. The van der Waals surface area contributed by atoms with E-state index in [1.54, 1.807) is 0 Å². The van der Waals surface area contributed by atoms with Gasteiger partial charge in [-0.25, -0.2) is 0 Å².